The molecule has 1 aromatic rings. The number of carbonyl (C=O) groups excluding carboxylic acids is 2. The summed E-state index contributed by atoms with van der Waals surface area (Å²) in [5, 5.41) is 3.16. The molecule has 1 aromatic carbocycles. The van der Waals surface area contributed by atoms with E-state index in [2.05, 4.69) is 5.32 Å². The van der Waals surface area contributed by atoms with Crippen molar-refractivity contribution in [3.63, 3.8) is 0 Å². The highest BCUT2D eigenvalue weighted by Gasteiger charge is 2.54. The SMILES string of the molecule is COC[C@@H]1[C@@H](NC(=O)c2ccc(N3CCCC3=O)cc2)[C@@H]2CCO[C@H]12. The van der Waals surface area contributed by atoms with Crippen molar-refractivity contribution in [2.75, 3.05) is 31.8 Å². The highest BCUT2D eigenvalue weighted by atomic mass is 16.5. The summed E-state index contributed by atoms with van der Waals surface area (Å²) < 4.78 is 11.0. The molecule has 1 aliphatic carbocycles. The molecule has 2 aliphatic heterocycles. The number of methoxy groups -OCH3 is 1. The lowest BCUT2D eigenvalue weighted by atomic mass is 9.67. The molecule has 0 bridgehead atoms. The van der Waals surface area contributed by atoms with Gasteiger partial charge in [0, 0.05) is 55.8 Å². The van der Waals surface area contributed by atoms with Crippen LogP contribution in [0.4, 0.5) is 5.69 Å². The number of fused-ring (bicyclic) bond motifs is 1. The van der Waals surface area contributed by atoms with Crippen molar-refractivity contribution in [3.8, 4) is 0 Å². The van der Waals surface area contributed by atoms with Gasteiger partial charge in [0.15, 0.2) is 0 Å². The summed E-state index contributed by atoms with van der Waals surface area (Å²) in [4.78, 5) is 26.2. The first-order valence-corrected chi connectivity index (χ1v) is 9.01. The number of hydrogen-bond acceptors (Lipinski definition) is 4. The smallest absolute Gasteiger partial charge is 0.251 e. The van der Waals surface area contributed by atoms with Crippen LogP contribution in [0.25, 0.3) is 0 Å². The molecule has 0 aromatic heterocycles. The Balaban J connectivity index is 1.41. The zero-order valence-corrected chi connectivity index (χ0v) is 14.4. The maximum Gasteiger partial charge on any atom is 0.251 e. The van der Waals surface area contributed by atoms with E-state index in [1.807, 2.05) is 12.1 Å². The summed E-state index contributed by atoms with van der Waals surface area (Å²) in [5.74, 6) is 0.700. The van der Waals surface area contributed by atoms with Gasteiger partial charge in [0.05, 0.1) is 12.7 Å². The van der Waals surface area contributed by atoms with E-state index >= 15 is 0 Å². The second kappa shape index (κ2) is 6.77. The minimum atomic E-state index is -0.0734. The van der Waals surface area contributed by atoms with Gasteiger partial charge in [0.1, 0.15) is 0 Å². The first-order valence-electron chi connectivity index (χ1n) is 9.01. The first-order chi connectivity index (χ1) is 12.2. The van der Waals surface area contributed by atoms with Crippen molar-refractivity contribution in [3.05, 3.63) is 29.8 Å². The van der Waals surface area contributed by atoms with Gasteiger partial charge in [0.2, 0.25) is 5.91 Å². The standard InChI is InChI=1S/C19H24N2O4/c1-24-11-15-17(14-8-10-25-18(14)15)20-19(23)12-4-6-13(7-5-12)21-9-2-3-16(21)22/h4-7,14-15,17-18H,2-3,8-11H2,1H3,(H,20,23)/t14-,15+,17-,18-/m0/s1. The van der Waals surface area contributed by atoms with Crippen LogP contribution in [-0.2, 0) is 14.3 Å². The van der Waals surface area contributed by atoms with E-state index in [4.69, 9.17) is 9.47 Å². The third-order valence-corrected chi connectivity index (χ3v) is 5.70. The molecule has 0 spiro atoms. The van der Waals surface area contributed by atoms with Crippen LogP contribution in [0, 0.1) is 11.8 Å². The van der Waals surface area contributed by atoms with Crippen LogP contribution in [-0.4, -0.2) is 50.8 Å². The van der Waals surface area contributed by atoms with Crippen LogP contribution >= 0.6 is 0 Å². The molecule has 2 heterocycles. The third kappa shape index (κ3) is 2.93. The molecule has 2 amide bonds. The lowest BCUT2D eigenvalue weighted by Gasteiger charge is -2.47. The van der Waals surface area contributed by atoms with Crippen molar-refractivity contribution < 1.29 is 19.1 Å². The topological polar surface area (TPSA) is 67.9 Å². The van der Waals surface area contributed by atoms with Crippen molar-refractivity contribution in [1.82, 2.24) is 5.32 Å². The Labute approximate surface area is 147 Å². The van der Waals surface area contributed by atoms with Gasteiger partial charge in [-0.15, -0.1) is 0 Å². The number of rotatable bonds is 5. The van der Waals surface area contributed by atoms with Crippen LogP contribution in [0.3, 0.4) is 0 Å². The summed E-state index contributed by atoms with van der Waals surface area (Å²) in [6, 6.07) is 7.41. The Morgan fingerprint density at radius 2 is 2.16 bits per heavy atom. The summed E-state index contributed by atoms with van der Waals surface area (Å²) in [6.07, 6.45) is 2.71. The molecule has 1 saturated carbocycles. The van der Waals surface area contributed by atoms with E-state index in [-0.39, 0.29) is 29.9 Å². The Morgan fingerprint density at radius 3 is 2.84 bits per heavy atom. The molecule has 6 nitrogen and oxygen atoms in total. The number of nitrogens with one attached hydrogen (secondary N) is 1. The number of hydrogen-bond donors (Lipinski definition) is 1. The summed E-state index contributed by atoms with van der Waals surface area (Å²) >= 11 is 0. The van der Waals surface area contributed by atoms with Gasteiger partial charge in [-0.2, -0.15) is 0 Å². The van der Waals surface area contributed by atoms with Gasteiger partial charge in [0.25, 0.3) is 5.91 Å². The summed E-state index contributed by atoms with van der Waals surface area (Å²) in [5.41, 5.74) is 1.48. The van der Waals surface area contributed by atoms with Gasteiger partial charge in [-0.1, -0.05) is 0 Å². The predicted molar refractivity (Wildman–Crippen MR) is 92.5 cm³/mol. The molecule has 134 valence electrons. The zero-order valence-electron chi connectivity index (χ0n) is 14.4. The summed E-state index contributed by atoms with van der Waals surface area (Å²) in [7, 11) is 1.68. The lowest BCUT2D eigenvalue weighted by Crippen LogP contribution is -2.62. The predicted octanol–water partition coefficient (Wildman–Crippen LogP) is 1.59. The van der Waals surface area contributed by atoms with E-state index in [9.17, 15) is 9.59 Å². The molecule has 4 rings (SSSR count). The van der Waals surface area contributed by atoms with Crippen molar-refractivity contribution in [1.29, 1.82) is 0 Å². The van der Waals surface area contributed by atoms with Gasteiger partial charge in [-0.3, -0.25) is 9.59 Å². The maximum atomic E-state index is 12.6. The highest BCUT2D eigenvalue weighted by molar-refractivity contribution is 5.97. The monoisotopic (exact) mass is 344 g/mol. The first kappa shape index (κ1) is 16.5. The average Bonchev–Trinajstić information content (AvgIpc) is 3.24. The van der Waals surface area contributed by atoms with Crippen LogP contribution in [0.5, 0.6) is 0 Å². The maximum absolute atomic E-state index is 12.6. The van der Waals surface area contributed by atoms with Crippen molar-refractivity contribution in [2.24, 2.45) is 11.8 Å². The summed E-state index contributed by atoms with van der Waals surface area (Å²) in [6.45, 7) is 2.12. The van der Waals surface area contributed by atoms with E-state index in [1.165, 1.54) is 0 Å². The van der Waals surface area contributed by atoms with Gasteiger partial charge in [-0.05, 0) is 37.1 Å². The number of ether oxygens (including phenoxy) is 2. The van der Waals surface area contributed by atoms with E-state index in [1.54, 1.807) is 24.1 Å². The number of benzene rings is 1. The fraction of sp³-hybridized carbons (Fsp3) is 0.579. The van der Waals surface area contributed by atoms with Crippen LogP contribution in [0.15, 0.2) is 24.3 Å². The van der Waals surface area contributed by atoms with Crippen molar-refractivity contribution >= 4 is 17.5 Å². The van der Waals surface area contributed by atoms with Gasteiger partial charge < -0.3 is 19.7 Å². The molecule has 2 saturated heterocycles. The molecule has 25 heavy (non-hydrogen) atoms. The number of nitrogens with zero attached hydrogens (tertiary/aromatic N) is 1. The average molecular weight is 344 g/mol. The quantitative estimate of drug-likeness (QED) is 0.881. The van der Waals surface area contributed by atoms with Crippen LogP contribution in [0.2, 0.25) is 0 Å². The Kier molecular flexibility index (Phi) is 4.48. The van der Waals surface area contributed by atoms with E-state index in [0.717, 1.165) is 31.7 Å². The fourth-order valence-electron chi connectivity index (χ4n) is 4.38. The van der Waals surface area contributed by atoms with E-state index < -0.39 is 0 Å². The largest absolute Gasteiger partial charge is 0.384 e. The number of carbonyl (C=O) groups is 2. The molecule has 1 N–H and O–H groups in total. The van der Waals surface area contributed by atoms with Crippen LogP contribution in [0.1, 0.15) is 29.6 Å². The van der Waals surface area contributed by atoms with E-state index in [0.29, 0.717) is 24.5 Å². The molecular weight excluding hydrogens is 320 g/mol. The number of anilines is 1. The molecule has 0 radical (unpaired) electrons. The minimum absolute atomic E-state index is 0.0734. The second-order valence-corrected chi connectivity index (χ2v) is 7.10. The number of amides is 2. The van der Waals surface area contributed by atoms with Crippen LogP contribution < -0.4 is 10.2 Å². The minimum Gasteiger partial charge on any atom is -0.384 e. The molecule has 4 atom stereocenters. The fourth-order valence-corrected chi connectivity index (χ4v) is 4.38. The molecule has 0 unspecified atom stereocenters. The Bertz CT molecular complexity index is 660. The Hall–Kier alpha value is -1.92. The van der Waals surface area contributed by atoms with Crippen molar-refractivity contribution in [2.45, 2.75) is 31.4 Å². The van der Waals surface area contributed by atoms with Gasteiger partial charge in [-0.25, -0.2) is 0 Å². The molecule has 3 fully saturated rings. The third-order valence-electron chi connectivity index (χ3n) is 5.70. The lowest BCUT2D eigenvalue weighted by molar-refractivity contribution is -0.117. The second-order valence-electron chi connectivity index (χ2n) is 7.10. The normalized spacial score (nSPS) is 30.9. The Morgan fingerprint density at radius 1 is 1.36 bits per heavy atom. The molecule has 6 heteroatoms. The zero-order chi connectivity index (χ0) is 17.4. The van der Waals surface area contributed by atoms with Gasteiger partial charge >= 0.3 is 0 Å². The molecule has 3 aliphatic rings. The molecular formula is C19H24N2O4. The highest BCUT2D eigenvalue weighted by Crippen LogP contribution is 2.43.